The molecule has 0 heterocycles. The summed E-state index contributed by atoms with van der Waals surface area (Å²) in [5.74, 6) is 0.477. The lowest BCUT2D eigenvalue weighted by Crippen LogP contribution is -2.27. The van der Waals surface area contributed by atoms with Crippen LogP contribution in [0.5, 0.6) is 0 Å². The molecule has 2 rings (SSSR count). The Hall–Kier alpha value is -1.67. The molecule has 0 aliphatic rings. The molecule has 1 N–H and O–H groups in total. The van der Waals surface area contributed by atoms with Crippen LogP contribution in [-0.4, -0.2) is 6.54 Å². The van der Waals surface area contributed by atoms with Crippen molar-refractivity contribution in [2.45, 2.75) is 46.6 Å². The summed E-state index contributed by atoms with van der Waals surface area (Å²) in [7, 11) is 0. The second kappa shape index (κ2) is 8.26. The van der Waals surface area contributed by atoms with E-state index in [0.29, 0.717) is 11.5 Å². The van der Waals surface area contributed by atoms with E-state index in [1.807, 2.05) is 19.1 Å². The maximum absolute atomic E-state index is 13.6. The molecule has 2 aromatic carbocycles. The Balaban J connectivity index is 2.35. The first-order chi connectivity index (χ1) is 11.0. The summed E-state index contributed by atoms with van der Waals surface area (Å²) in [6.45, 7) is 9.41. The van der Waals surface area contributed by atoms with Gasteiger partial charge in [-0.1, -0.05) is 63.6 Å². The zero-order valence-corrected chi connectivity index (χ0v) is 14.7. The first kappa shape index (κ1) is 17.7. The molecule has 0 aromatic heterocycles. The van der Waals surface area contributed by atoms with Crippen LogP contribution in [0.3, 0.4) is 0 Å². The Morgan fingerprint density at radius 2 is 1.78 bits per heavy atom. The molecule has 1 nitrogen and oxygen atoms in total. The standard InChI is InChI=1S/C21H28FN/c1-5-15(3)14-23-21(18-9-7-8-17(6-2)13-18)19-10-11-20(22)16(4)12-19/h7-13,15,21,23H,5-6,14H2,1-4H3. The molecule has 2 unspecified atom stereocenters. The Labute approximate surface area is 139 Å². The minimum absolute atomic E-state index is 0.106. The number of hydrogen-bond acceptors (Lipinski definition) is 1. The lowest BCUT2D eigenvalue weighted by molar-refractivity contribution is 0.472. The predicted octanol–water partition coefficient (Wildman–Crippen LogP) is 5.42. The fraction of sp³-hybridized carbons (Fsp3) is 0.429. The van der Waals surface area contributed by atoms with Gasteiger partial charge in [0.05, 0.1) is 6.04 Å². The van der Waals surface area contributed by atoms with Gasteiger partial charge < -0.3 is 5.32 Å². The van der Waals surface area contributed by atoms with Crippen LogP contribution >= 0.6 is 0 Å². The van der Waals surface area contributed by atoms with E-state index in [-0.39, 0.29) is 11.9 Å². The van der Waals surface area contributed by atoms with E-state index in [2.05, 4.69) is 50.4 Å². The SMILES string of the molecule is CCc1cccc(C(NCC(C)CC)c2ccc(F)c(C)c2)c1. The maximum atomic E-state index is 13.6. The minimum atomic E-state index is -0.142. The van der Waals surface area contributed by atoms with Crippen LogP contribution in [0.25, 0.3) is 0 Å². The van der Waals surface area contributed by atoms with Crippen molar-refractivity contribution in [3.05, 3.63) is 70.5 Å². The van der Waals surface area contributed by atoms with Crippen molar-refractivity contribution >= 4 is 0 Å². The summed E-state index contributed by atoms with van der Waals surface area (Å²) < 4.78 is 13.6. The van der Waals surface area contributed by atoms with Gasteiger partial charge in [-0.25, -0.2) is 4.39 Å². The van der Waals surface area contributed by atoms with Crippen LogP contribution in [-0.2, 0) is 6.42 Å². The third kappa shape index (κ3) is 4.65. The molecule has 2 atom stereocenters. The molecule has 23 heavy (non-hydrogen) atoms. The number of halogens is 1. The zero-order chi connectivity index (χ0) is 16.8. The summed E-state index contributed by atoms with van der Waals surface area (Å²) >= 11 is 0. The lowest BCUT2D eigenvalue weighted by atomic mass is 9.94. The largest absolute Gasteiger partial charge is 0.306 e. The molecule has 0 aliphatic heterocycles. The quantitative estimate of drug-likeness (QED) is 0.719. The van der Waals surface area contributed by atoms with E-state index in [1.54, 1.807) is 6.07 Å². The fourth-order valence-electron chi connectivity index (χ4n) is 2.73. The van der Waals surface area contributed by atoms with E-state index in [9.17, 15) is 4.39 Å². The second-order valence-electron chi connectivity index (χ2n) is 6.46. The highest BCUT2D eigenvalue weighted by molar-refractivity contribution is 5.36. The average molecular weight is 313 g/mol. The van der Waals surface area contributed by atoms with Gasteiger partial charge in [0.25, 0.3) is 0 Å². The highest BCUT2D eigenvalue weighted by atomic mass is 19.1. The Morgan fingerprint density at radius 3 is 2.43 bits per heavy atom. The third-order valence-electron chi connectivity index (χ3n) is 4.58. The predicted molar refractivity (Wildman–Crippen MR) is 96.3 cm³/mol. The van der Waals surface area contributed by atoms with Gasteiger partial charge in [0, 0.05) is 0 Å². The van der Waals surface area contributed by atoms with Crippen LogP contribution in [0.2, 0.25) is 0 Å². The molecule has 0 fully saturated rings. The number of rotatable bonds is 7. The molecule has 0 spiro atoms. The molecular formula is C21H28FN. The normalized spacial score (nSPS) is 13.8. The molecule has 0 amide bonds. The zero-order valence-electron chi connectivity index (χ0n) is 14.7. The van der Waals surface area contributed by atoms with Gasteiger partial charge in [-0.15, -0.1) is 0 Å². The van der Waals surface area contributed by atoms with Gasteiger partial charge in [0.2, 0.25) is 0 Å². The van der Waals surface area contributed by atoms with Gasteiger partial charge in [-0.2, -0.15) is 0 Å². The van der Waals surface area contributed by atoms with Crippen molar-refractivity contribution in [1.82, 2.24) is 5.32 Å². The van der Waals surface area contributed by atoms with Gasteiger partial charge in [-0.05, 0) is 54.1 Å². The molecule has 124 valence electrons. The van der Waals surface area contributed by atoms with Crippen molar-refractivity contribution in [3.63, 3.8) is 0 Å². The Morgan fingerprint density at radius 1 is 1.04 bits per heavy atom. The number of benzene rings is 2. The van der Waals surface area contributed by atoms with Gasteiger partial charge in [0.1, 0.15) is 5.82 Å². The molecule has 0 bridgehead atoms. The van der Waals surface area contributed by atoms with Gasteiger partial charge in [0.15, 0.2) is 0 Å². The number of aryl methyl sites for hydroxylation is 2. The summed E-state index contributed by atoms with van der Waals surface area (Å²) in [6, 6.07) is 14.2. The van der Waals surface area contributed by atoms with E-state index < -0.39 is 0 Å². The van der Waals surface area contributed by atoms with Crippen molar-refractivity contribution < 1.29 is 4.39 Å². The first-order valence-corrected chi connectivity index (χ1v) is 8.63. The topological polar surface area (TPSA) is 12.0 Å². The number of hydrogen-bond donors (Lipinski definition) is 1. The molecule has 0 saturated carbocycles. The molecule has 2 heteroatoms. The van der Waals surface area contributed by atoms with Gasteiger partial charge in [-0.3, -0.25) is 0 Å². The Kier molecular flexibility index (Phi) is 6.35. The molecular weight excluding hydrogens is 285 g/mol. The molecule has 2 aromatic rings. The highest BCUT2D eigenvalue weighted by Crippen LogP contribution is 2.25. The first-order valence-electron chi connectivity index (χ1n) is 8.63. The number of nitrogens with one attached hydrogen (secondary N) is 1. The van der Waals surface area contributed by atoms with E-state index in [0.717, 1.165) is 24.9 Å². The van der Waals surface area contributed by atoms with Crippen molar-refractivity contribution in [3.8, 4) is 0 Å². The molecule has 0 radical (unpaired) electrons. The van der Waals surface area contributed by atoms with Crippen LogP contribution in [0, 0.1) is 18.7 Å². The van der Waals surface area contributed by atoms with Crippen LogP contribution in [0.1, 0.15) is 55.5 Å². The van der Waals surface area contributed by atoms with Crippen LogP contribution < -0.4 is 5.32 Å². The van der Waals surface area contributed by atoms with Crippen molar-refractivity contribution in [1.29, 1.82) is 0 Å². The second-order valence-corrected chi connectivity index (χ2v) is 6.46. The maximum Gasteiger partial charge on any atom is 0.126 e. The summed E-state index contributed by atoms with van der Waals surface area (Å²) in [4.78, 5) is 0. The van der Waals surface area contributed by atoms with Crippen molar-refractivity contribution in [2.24, 2.45) is 5.92 Å². The third-order valence-corrected chi connectivity index (χ3v) is 4.58. The summed E-state index contributed by atoms with van der Waals surface area (Å²) in [5, 5.41) is 3.68. The molecule has 0 saturated heterocycles. The van der Waals surface area contributed by atoms with E-state index in [1.165, 1.54) is 11.1 Å². The highest BCUT2D eigenvalue weighted by Gasteiger charge is 2.16. The van der Waals surface area contributed by atoms with E-state index in [4.69, 9.17) is 0 Å². The van der Waals surface area contributed by atoms with Crippen molar-refractivity contribution in [2.75, 3.05) is 6.54 Å². The smallest absolute Gasteiger partial charge is 0.126 e. The monoisotopic (exact) mass is 313 g/mol. The average Bonchev–Trinajstić information content (AvgIpc) is 2.58. The Bertz CT molecular complexity index is 635. The molecule has 0 aliphatic carbocycles. The summed E-state index contributed by atoms with van der Waals surface area (Å²) in [5.41, 5.74) is 4.40. The minimum Gasteiger partial charge on any atom is -0.306 e. The van der Waals surface area contributed by atoms with Crippen LogP contribution in [0.4, 0.5) is 4.39 Å². The fourth-order valence-corrected chi connectivity index (χ4v) is 2.73. The lowest BCUT2D eigenvalue weighted by Gasteiger charge is -2.23. The van der Waals surface area contributed by atoms with Crippen LogP contribution in [0.15, 0.2) is 42.5 Å². The summed E-state index contributed by atoms with van der Waals surface area (Å²) in [6.07, 6.45) is 2.17. The van der Waals surface area contributed by atoms with Gasteiger partial charge >= 0.3 is 0 Å². The van der Waals surface area contributed by atoms with E-state index >= 15 is 0 Å².